The average molecular weight is 447 g/mol. The van der Waals surface area contributed by atoms with Crippen LogP contribution in [0.5, 0.6) is 0 Å². The lowest BCUT2D eigenvalue weighted by Crippen LogP contribution is -2.34. The zero-order valence-electron chi connectivity index (χ0n) is 16.0. The summed E-state index contributed by atoms with van der Waals surface area (Å²) in [5, 5.41) is 18.9. The molecule has 6 heteroatoms. The topological polar surface area (TPSA) is 64.3 Å². The van der Waals surface area contributed by atoms with Gasteiger partial charge in [-0.05, 0) is 68.0 Å². The van der Waals surface area contributed by atoms with Crippen molar-refractivity contribution in [1.29, 1.82) is 5.26 Å². The van der Waals surface area contributed by atoms with Crippen LogP contribution in [0.3, 0.4) is 0 Å². The second-order valence-electron chi connectivity index (χ2n) is 7.01. The number of amides is 1. The molecule has 1 amide bonds. The molecule has 0 bridgehead atoms. The van der Waals surface area contributed by atoms with Crippen molar-refractivity contribution in [2.45, 2.75) is 38.6 Å². The van der Waals surface area contributed by atoms with Gasteiger partial charge in [0.1, 0.15) is 5.82 Å². The van der Waals surface area contributed by atoms with E-state index >= 15 is 0 Å². The van der Waals surface area contributed by atoms with Crippen molar-refractivity contribution in [1.82, 2.24) is 4.90 Å². The van der Waals surface area contributed by atoms with E-state index in [4.69, 9.17) is 0 Å². The lowest BCUT2D eigenvalue weighted by atomic mass is 9.87. The molecule has 0 saturated heterocycles. The molecule has 148 valence electrons. The second kappa shape index (κ2) is 10.2. The van der Waals surface area contributed by atoms with Gasteiger partial charge in [-0.2, -0.15) is 5.26 Å². The van der Waals surface area contributed by atoms with Crippen LogP contribution in [0.15, 0.2) is 53.0 Å². The monoisotopic (exact) mass is 446 g/mol. The minimum Gasteiger partial charge on any atom is -0.465 e. The molecule has 3 atom stereocenters. The van der Waals surface area contributed by atoms with Crippen LogP contribution in [0.25, 0.3) is 0 Å². The normalized spacial score (nSPS) is 14.0. The van der Waals surface area contributed by atoms with E-state index in [0.29, 0.717) is 19.4 Å². The molecule has 0 radical (unpaired) electrons. The molecule has 0 fully saturated rings. The fraction of sp³-hybridized carbons (Fsp3) is 0.364. The Morgan fingerprint density at radius 2 is 1.71 bits per heavy atom. The molecule has 2 aromatic rings. The van der Waals surface area contributed by atoms with Gasteiger partial charge < -0.3 is 10.0 Å². The van der Waals surface area contributed by atoms with Gasteiger partial charge in [0, 0.05) is 16.9 Å². The van der Waals surface area contributed by atoms with Gasteiger partial charge in [-0.3, -0.25) is 0 Å². The van der Waals surface area contributed by atoms with Crippen LogP contribution in [-0.2, 0) is 0 Å². The van der Waals surface area contributed by atoms with Crippen molar-refractivity contribution in [3.8, 4) is 6.07 Å². The Morgan fingerprint density at radius 1 is 1.14 bits per heavy atom. The summed E-state index contributed by atoms with van der Waals surface area (Å²) in [6.45, 7) is 4.03. The minimum absolute atomic E-state index is 0.0192. The molecule has 0 aromatic heterocycles. The highest BCUT2D eigenvalue weighted by Gasteiger charge is 2.23. The lowest BCUT2D eigenvalue weighted by molar-refractivity contribution is 0.125. The first kappa shape index (κ1) is 21.9. The van der Waals surface area contributed by atoms with Crippen LogP contribution in [0.2, 0.25) is 0 Å². The van der Waals surface area contributed by atoms with E-state index in [1.165, 1.54) is 17.0 Å². The van der Waals surface area contributed by atoms with Gasteiger partial charge >= 0.3 is 6.09 Å². The van der Waals surface area contributed by atoms with Gasteiger partial charge in [0.2, 0.25) is 0 Å². The third kappa shape index (κ3) is 6.07. The summed E-state index contributed by atoms with van der Waals surface area (Å²) in [4.78, 5) is 13.3. The highest BCUT2D eigenvalue weighted by Crippen LogP contribution is 2.30. The van der Waals surface area contributed by atoms with Crippen LogP contribution < -0.4 is 0 Å². The Hall–Kier alpha value is -2.39. The summed E-state index contributed by atoms with van der Waals surface area (Å²) in [7, 11) is 0. The fourth-order valence-corrected chi connectivity index (χ4v) is 3.57. The molecule has 28 heavy (non-hydrogen) atoms. The predicted molar refractivity (Wildman–Crippen MR) is 110 cm³/mol. The molecular formula is C22H24BrFN2O2. The number of benzene rings is 2. The predicted octanol–water partition coefficient (Wildman–Crippen LogP) is 6.35. The summed E-state index contributed by atoms with van der Waals surface area (Å²) in [5.41, 5.74) is 1.83. The first-order valence-corrected chi connectivity index (χ1v) is 10.0. The van der Waals surface area contributed by atoms with Crippen LogP contribution >= 0.6 is 15.9 Å². The van der Waals surface area contributed by atoms with E-state index < -0.39 is 6.09 Å². The van der Waals surface area contributed by atoms with Gasteiger partial charge in [-0.15, -0.1) is 0 Å². The molecular weight excluding hydrogens is 423 g/mol. The highest BCUT2D eigenvalue weighted by atomic mass is 79.9. The molecule has 2 rings (SSSR count). The van der Waals surface area contributed by atoms with Crippen LogP contribution in [-0.4, -0.2) is 22.6 Å². The summed E-state index contributed by atoms with van der Waals surface area (Å²) in [6.07, 6.45) is 0.175. The number of carboxylic acid groups (broad SMARTS) is 1. The van der Waals surface area contributed by atoms with Gasteiger partial charge in [0.15, 0.2) is 0 Å². The Morgan fingerprint density at radius 3 is 2.25 bits per heavy atom. The number of nitrogens with zero attached hydrogens (tertiary/aromatic N) is 2. The zero-order valence-corrected chi connectivity index (χ0v) is 17.6. The SMILES string of the molecule is CC(C#N)C[C@@H](CCN(C(=O)O)[C@@H](C)c1ccc(Br)cc1)c1ccc(F)cc1. The average Bonchev–Trinajstić information content (AvgIpc) is 2.67. The molecule has 0 aliphatic heterocycles. The van der Waals surface area contributed by atoms with Gasteiger partial charge in [0.05, 0.1) is 12.1 Å². The van der Waals surface area contributed by atoms with Crippen molar-refractivity contribution >= 4 is 22.0 Å². The number of nitriles is 1. The van der Waals surface area contributed by atoms with E-state index in [1.54, 1.807) is 12.1 Å². The lowest BCUT2D eigenvalue weighted by Gasteiger charge is -2.29. The standard InChI is InChI=1S/C22H24BrFN2O2/c1-15(14-25)13-19(18-5-9-21(24)10-6-18)11-12-26(22(27)28)16(2)17-3-7-20(23)8-4-17/h3-10,15-16,19H,11-13H2,1-2H3,(H,27,28)/t15?,16-,19+/m0/s1. The molecule has 0 aliphatic carbocycles. The van der Waals surface area contributed by atoms with Gasteiger partial charge in [-0.25, -0.2) is 9.18 Å². The molecule has 1 N–H and O–H groups in total. The maximum Gasteiger partial charge on any atom is 0.407 e. The molecule has 1 unspecified atom stereocenters. The Labute approximate surface area is 173 Å². The number of halogens is 2. The molecule has 0 spiro atoms. The largest absolute Gasteiger partial charge is 0.465 e. The van der Waals surface area contributed by atoms with Crippen molar-refractivity contribution in [2.75, 3.05) is 6.54 Å². The summed E-state index contributed by atoms with van der Waals surface area (Å²) in [5.74, 6) is -0.502. The van der Waals surface area contributed by atoms with Crippen molar-refractivity contribution in [2.24, 2.45) is 5.92 Å². The fourth-order valence-electron chi connectivity index (χ4n) is 3.31. The maximum absolute atomic E-state index is 13.3. The second-order valence-corrected chi connectivity index (χ2v) is 7.92. The molecule has 2 aromatic carbocycles. The number of rotatable bonds is 8. The molecule has 4 nitrogen and oxygen atoms in total. The van der Waals surface area contributed by atoms with E-state index in [0.717, 1.165) is 15.6 Å². The minimum atomic E-state index is -0.985. The Kier molecular flexibility index (Phi) is 8.01. The van der Waals surface area contributed by atoms with Crippen molar-refractivity contribution in [3.05, 3.63) is 69.9 Å². The van der Waals surface area contributed by atoms with Crippen LogP contribution in [0.1, 0.15) is 49.8 Å². The van der Waals surface area contributed by atoms with Crippen molar-refractivity contribution < 1.29 is 14.3 Å². The van der Waals surface area contributed by atoms with Gasteiger partial charge in [0.25, 0.3) is 0 Å². The zero-order chi connectivity index (χ0) is 20.7. The molecule has 0 heterocycles. The smallest absolute Gasteiger partial charge is 0.407 e. The number of hydrogen-bond acceptors (Lipinski definition) is 2. The third-order valence-corrected chi connectivity index (χ3v) is 5.51. The first-order chi connectivity index (χ1) is 13.3. The first-order valence-electron chi connectivity index (χ1n) is 9.22. The molecule has 0 saturated carbocycles. The van der Waals surface area contributed by atoms with E-state index in [1.807, 2.05) is 38.1 Å². The Balaban J connectivity index is 2.17. The molecule has 0 aliphatic rings. The summed E-state index contributed by atoms with van der Waals surface area (Å²) < 4.78 is 14.2. The Bertz CT molecular complexity index is 818. The summed E-state index contributed by atoms with van der Waals surface area (Å²) >= 11 is 3.39. The maximum atomic E-state index is 13.3. The van der Waals surface area contributed by atoms with Crippen molar-refractivity contribution in [3.63, 3.8) is 0 Å². The van der Waals surface area contributed by atoms with Crippen LogP contribution in [0.4, 0.5) is 9.18 Å². The van der Waals surface area contributed by atoms with E-state index in [2.05, 4.69) is 22.0 Å². The van der Waals surface area contributed by atoms with Gasteiger partial charge in [-0.1, -0.05) is 40.2 Å². The third-order valence-electron chi connectivity index (χ3n) is 4.98. The van der Waals surface area contributed by atoms with Crippen LogP contribution in [0, 0.1) is 23.1 Å². The quantitative estimate of drug-likeness (QED) is 0.513. The number of carbonyl (C=O) groups is 1. The number of hydrogen-bond donors (Lipinski definition) is 1. The highest BCUT2D eigenvalue weighted by molar-refractivity contribution is 9.10. The summed E-state index contributed by atoms with van der Waals surface area (Å²) in [6, 6.07) is 15.8. The van der Waals surface area contributed by atoms with E-state index in [-0.39, 0.29) is 23.7 Å². The van der Waals surface area contributed by atoms with E-state index in [9.17, 15) is 19.6 Å².